The summed E-state index contributed by atoms with van der Waals surface area (Å²) < 4.78 is 138. The Morgan fingerprint density at radius 1 is 1.02 bits per heavy atom. The zero-order valence-electron chi connectivity index (χ0n) is 26.2. The van der Waals surface area contributed by atoms with Gasteiger partial charge in [0.2, 0.25) is 17.7 Å². The van der Waals surface area contributed by atoms with E-state index >= 15 is 0 Å². The smallest absolute Gasteiger partial charge is 0.418 e. The lowest BCUT2D eigenvalue weighted by Gasteiger charge is -2.30. The molecule has 274 valence electrons. The van der Waals surface area contributed by atoms with Crippen LogP contribution in [-0.2, 0) is 17.5 Å². The number of ketones is 1. The summed E-state index contributed by atoms with van der Waals surface area (Å²) in [5, 5.41) is 4.75. The molecule has 1 aromatic carbocycles. The van der Waals surface area contributed by atoms with Crippen molar-refractivity contribution in [1.82, 2.24) is 20.3 Å². The van der Waals surface area contributed by atoms with Gasteiger partial charge in [-0.2, -0.15) is 23.1 Å². The summed E-state index contributed by atoms with van der Waals surface area (Å²) in [5.41, 5.74) is -1.79. The van der Waals surface area contributed by atoms with Crippen molar-refractivity contribution in [2.24, 2.45) is 17.8 Å². The lowest BCUT2D eigenvalue weighted by atomic mass is 9.78. The number of carbonyl (C=O) groups is 2. The Balaban J connectivity index is 1.29. The average Bonchev–Trinajstić information content (AvgIpc) is 3.52. The Hall–Kier alpha value is -4.12. The van der Waals surface area contributed by atoms with E-state index in [0.29, 0.717) is 38.5 Å². The molecule has 18 heteroatoms. The van der Waals surface area contributed by atoms with Gasteiger partial charge in [0.05, 0.1) is 22.3 Å². The number of imidazole rings is 1. The maximum Gasteiger partial charge on any atom is 0.418 e. The van der Waals surface area contributed by atoms with Gasteiger partial charge in [0, 0.05) is 19.4 Å². The third-order valence-electron chi connectivity index (χ3n) is 8.93. The van der Waals surface area contributed by atoms with Crippen molar-refractivity contribution in [2.75, 3.05) is 11.9 Å². The molecule has 2 fully saturated rings. The summed E-state index contributed by atoms with van der Waals surface area (Å²) in [5.74, 6) is -7.44. The topological polar surface area (TPSA) is 109 Å². The van der Waals surface area contributed by atoms with Gasteiger partial charge >= 0.3 is 6.18 Å². The Kier molecular flexibility index (Phi) is 11.1. The lowest BCUT2D eigenvalue weighted by Crippen LogP contribution is -2.28. The van der Waals surface area contributed by atoms with E-state index in [2.05, 4.69) is 25.6 Å². The molecule has 0 saturated heterocycles. The Labute approximate surface area is 278 Å². The van der Waals surface area contributed by atoms with Crippen LogP contribution < -0.4 is 15.4 Å². The molecule has 0 aliphatic heterocycles. The summed E-state index contributed by atoms with van der Waals surface area (Å²) in [6.45, 7) is -1.45. The molecule has 50 heavy (non-hydrogen) atoms. The van der Waals surface area contributed by atoms with Crippen LogP contribution in [0.5, 0.6) is 5.88 Å². The molecular weight excluding hydrogens is 692 g/mol. The molecule has 3 aromatic rings. The van der Waals surface area contributed by atoms with Gasteiger partial charge in [-0.05, 0) is 54.9 Å². The predicted molar refractivity (Wildman–Crippen MR) is 160 cm³/mol. The number of nitrogens with one attached hydrogen (secondary N) is 3. The van der Waals surface area contributed by atoms with Crippen LogP contribution in [0.15, 0.2) is 24.3 Å². The van der Waals surface area contributed by atoms with Crippen molar-refractivity contribution >= 4 is 34.5 Å². The monoisotopic (exact) mass is 725 g/mol. The van der Waals surface area contributed by atoms with Crippen LogP contribution in [0.1, 0.15) is 72.9 Å². The van der Waals surface area contributed by atoms with Crippen molar-refractivity contribution < 1.29 is 58.2 Å². The van der Waals surface area contributed by atoms with Crippen molar-refractivity contribution in [3.63, 3.8) is 0 Å². The summed E-state index contributed by atoms with van der Waals surface area (Å²) in [4.78, 5) is 36.0. The first kappa shape index (κ1) is 37.1. The minimum absolute atomic E-state index is 0.0562. The number of anilines is 2. The number of H-pyrrole nitrogens is 1. The Bertz CT molecular complexity index is 1670. The van der Waals surface area contributed by atoms with E-state index in [4.69, 9.17) is 4.74 Å². The minimum Gasteiger partial charge on any atom is -0.471 e. The average molecular weight is 726 g/mol. The molecule has 8 nitrogen and oxygen atoms in total. The van der Waals surface area contributed by atoms with E-state index in [0.717, 1.165) is 18.2 Å². The van der Waals surface area contributed by atoms with Crippen molar-refractivity contribution in [3.05, 3.63) is 41.0 Å². The number of ether oxygens (including phenoxy) is 1. The predicted octanol–water partition coefficient (Wildman–Crippen LogP) is 8.40. The molecule has 2 aliphatic carbocycles. The molecule has 2 atom stereocenters. The van der Waals surface area contributed by atoms with E-state index in [1.54, 1.807) is 0 Å². The van der Waals surface area contributed by atoms with Crippen LogP contribution in [0.3, 0.4) is 0 Å². The van der Waals surface area contributed by atoms with E-state index in [1.165, 1.54) is 6.07 Å². The number of amides is 1. The number of carbonyl (C=O) groups excluding carboxylic acids is 2. The number of nitrogens with zero attached hydrogens (tertiary/aromatic N) is 2. The van der Waals surface area contributed by atoms with Crippen LogP contribution in [0.2, 0.25) is 0 Å². The highest BCUT2D eigenvalue weighted by atomic mass is 19.4. The number of fused-ring (bicyclic) bond motifs is 1. The van der Waals surface area contributed by atoms with Crippen LogP contribution >= 0.6 is 0 Å². The van der Waals surface area contributed by atoms with Crippen LogP contribution in [0.4, 0.5) is 55.5 Å². The summed E-state index contributed by atoms with van der Waals surface area (Å²) in [6, 6.07) is 4.07. The molecule has 5 rings (SSSR count). The number of hydrogen-bond donors (Lipinski definition) is 3. The number of pyridine rings is 1. The van der Waals surface area contributed by atoms with E-state index in [1.807, 2.05) is 0 Å². The first-order valence-corrected chi connectivity index (χ1v) is 15.9. The van der Waals surface area contributed by atoms with Crippen molar-refractivity contribution in [1.29, 1.82) is 0 Å². The quantitative estimate of drug-likeness (QED) is 0.107. The zero-order valence-corrected chi connectivity index (χ0v) is 26.2. The molecule has 2 aliphatic rings. The fourth-order valence-electron chi connectivity index (χ4n) is 6.11. The van der Waals surface area contributed by atoms with Gasteiger partial charge < -0.3 is 20.4 Å². The minimum atomic E-state index is -4.85. The molecule has 0 radical (unpaired) electrons. The van der Waals surface area contributed by atoms with Gasteiger partial charge in [0.1, 0.15) is 5.92 Å². The van der Waals surface area contributed by atoms with Gasteiger partial charge in [-0.1, -0.05) is 25.3 Å². The molecule has 0 bridgehead atoms. The fraction of sp³-hybridized carbons (Fsp3) is 0.562. The number of aromatic nitrogens is 3. The third-order valence-corrected chi connectivity index (χ3v) is 8.93. The second-order valence-electron chi connectivity index (χ2n) is 12.6. The van der Waals surface area contributed by atoms with Gasteiger partial charge in [-0.15, -0.1) is 0 Å². The van der Waals surface area contributed by atoms with Gasteiger partial charge in [-0.25, -0.2) is 30.7 Å². The third kappa shape index (κ3) is 9.15. The number of rotatable bonds is 15. The van der Waals surface area contributed by atoms with E-state index in [9.17, 15) is 53.5 Å². The first-order chi connectivity index (χ1) is 23.5. The molecule has 3 N–H and O–H groups in total. The normalized spacial score (nSPS) is 21.0. The second kappa shape index (κ2) is 15.0. The molecule has 2 saturated carbocycles. The van der Waals surface area contributed by atoms with E-state index in [-0.39, 0.29) is 47.1 Å². The van der Waals surface area contributed by atoms with E-state index < -0.39 is 84.8 Å². The molecule has 2 aromatic heterocycles. The van der Waals surface area contributed by atoms with Crippen LogP contribution in [-0.4, -0.2) is 58.2 Å². The maximum absolute atomic E-state index is 13.9. The summed E-state index contributed by atoms with van der Waals surface area (Å²) in [7, 11) is 0. The number of aromatic amines is 1. The number of Topliss-reactive ketones (excluding diaryl/α,β-unsaturated/α-hetero) is 1. The highest BCUT2D eigenvalue weighted by Crippen LogP contribution is 2.48. The summed E-state index contributed by atoms with van der Waals surface area (Å²) in [6.07, 6.45) is -11.1. The summed E-state index contributed by atoms with van der Waals surface area (Å²) >= 11 is 0. The lowest BCUT2D eigenvalue weighted by molar-refractivity contribution is -0.137. The van der Waals surface area contributed by atoms with Gasteiger partial charge in [0.15, 0.2) is 24.2 Å². The van der Waals surface area contributed by atoms with Crippen LogP contribution in [0.25, 0.3) is 11.2 Å². The standard InChI is InChI=1S/C32H33F10N5O3/c33-24(34)14-50-29-18(23(48)3-1-2-15-4-7-17(8-5-15)25(35)26(36)37)11-22-27(46-29)47-30(45-22)44-21-10-16(6-9-19(21)32(40,41)42)13-43-28(49)20-12-31(20,38)39/h6,9-11,15,17,20,24-26H,1-5,7-8,12-14H2,(H,43,49)(H2,44,45,46,47). The maximum atomic E-state index is 13.9. The second-order valence-corrected chi connectivity index (χ2v) is 12.6. The molecule has 0 spiro atoms. The van der Waals surface area contributed by atoms with Gasteiger partial charge in [-0.3, -0.25) is 9.59 Å². The van der Waals surface area contributed by atoms with Crippen LogP contribution in [0, 0.1) is 17.8 Å². The number of alkyl halides is 10. The number of hydrogen-bond acceptors (Lipinski definition) is 6. The first-order valence-electron chi connectivity index (χ1n) is 15.9. The fourth-order valence-corrected chi connectivity index (χ4v) is 6.11. The highest BCUT2D eigenvalue weighted by molar-refractivity contribution is 6.00. The molecule has 2 heterocycles. The molecule has 1 amide bonds. The SMILES string of the molecule is O=C(CCCC1CCC(C(F)C(F)F)CC1)c1cc2[nH]c(Nc3cc(CNC(=O)C4CC4(F)F)ccc3C(F)(F)F)nc2nc1OCC(F)F. The van der Waals surface area contributed by atoms with Crippen molar-refractivity contribution in [3.8, 4) is 5.88 Å². The molecular formula is C32H33F10N5O3. The Morgan fingerprint density at radius 3 is 2.34 bits per heavy atom. The number of halogens is 10. The highest BCUT2D eigenvalue weighted by Gasteiger charge is 2.61. The van der Waals surface area contributed by atoms with Gasteiger partial charge in [0.25, 0.3) is 18.8 Å². The Morgan fingerprint density at radius 2 is 1.72 bits per heavy atom. The zero-order chi connectivity index (χ0) is 36.4. The molecule has 2 unspecified atom stereocenters. The number of benzene rings is 1. The van der Waals surface area contributed by atoms with Crippen molar-refractivity contribution in [2.45, 2.75) is 89.0 Å². The largest absolute Gasteiger partial charge is 0.471 e.